The lowest BCUT2D eigenvalue weighted by Gasteiger charge is -2.32. The van der Waals surface area contributed by atoms with E-state index in [1.807, 2.05) is 29.2 Å². The zero-order chi connectivity index (χ0) is 21.8. The summed E-state index contributed by atoms with van der Waals surface area (Å²) in [5, 5.41) is 14.5. The van der Waals surface area contributed by atoms with E-state index in [0.717, 1.165) is 57.0 Å². The van der Waals surface area contributed by atoms with Crippen LogP contribution in [0, 0.1) is 16.0 Å². The molecule has 31 heavy (non-hydrogen) atoms. The molecular formula is C24H30N4O3. The van der Waals surface area contributed by atoms with E-state index >= 15 is 0 Å². The van der Waals surface area contributed by atoms with E-state index in [2.05, 4.69) is 17.1 Å². The summed E-state index contributed by atoms with van der Waals surface area (Å²) >= 11 is 0. The van der Waals surface area contributed by atoms with Crippen molar-refractivity contribution in [3.05, 3.63) is 58.1 Å². The van der Waals surface area contributed by atoms with Gasteiger partial charge in [0, 0.05) is 49.2 Å². The third-order valence-electron chi connectivity index (χ3n) is 6.41. The predicted octanol–water partition coefficient (Wildman–Crippen LogP) is 5.07. The monoisotopic (exact) mass is 422 g/mol. The van der Waals surface area contributed by atoms with Crippen molar-refractivity contribution >= 4 is 28.7 Å². The van der Waals surface area contributed by atoms with E-state index in [1.54, 1.807) is 12.1 Å². The van der Waals surface area contributed by atoms with Crippen LogP contribution >= 0.6 is 0 Å². The fourth-order valence-corrected chi connectivity index (χ4v) is 4.44. The van der Waals surface area contributed by atoms with Crippen LogP contribution in [-0.4, -0.2) is 37.0 Å². The molecule has 1 amide bonds. The van der Waals surface area contributed by atoms with Crippen LogP contribution in [0.2, 0.25) is 0 Å². The second-order valence-corrected chi connectivity index (χ2v) is 8.68. The molecule has 0 radical (unpaired) electrons. The maximum Gasteiger partial charge on any atom is 0.293 e. The number of piperidine rings is 2. The quantitative estimate of drug-likeness (QED) is 0.537. The Morgan fingerprint density at radius 3 is 2.29 bits per heavy atom. The van der Waals surface area contributed by atoms with Crippen LogP contribution in [-0.2, 0) is 0 Å². The van der Waals surface area contributed by atoms with Gasteiger partial charge in [-0.1, -0.05) is 6.92 Å². The Labute approximate surface area is 183 Å². The van der Waals surface area contributed by atoms with E-state index in [4.69, 9.17) is 0 Å². The molecule has 2 aliphatic heterocycles. The molecule has 0 aromatic heterocycles. The van der Waals surface area contributed by atoms with Crippen molar-refractivity contribution in [1.29, 1.82) is 0 Å². The Morgan fingerprint density at radius 2 is 1.65 bits per heavy atom. The second-order valence-electron chi connectivity index (χ2n) is 8.68. The molecule has 0 atom stereocenters. The normalized spacial score (nSPS) is 17.5. The molecule has 2 aliphatic rings. The Kier molecular flexibility index (Phi) is 6.39. The molecule has 2 fully saturated rings. The number of hydrogen-bond acceptors (Lipinski definition) is 5. The highest BCUT2D eigenvalue weighted by Gasteiger charge is 2.23. The van der Waals surface area contributed by atoms with Crippen molar-refractivity contribution in [3.8, 4) is 0 Å². The Balaban J connectivity index is 1.45. The average molecular weight is 423 g/mol. The Hall–Kier alpha value is -3.09. The Morgan fingerprint density at radius 1 is 0.968 bits per heavy atom. The number of amides is 1. The highest BCUT2D eigenvalue weighted by atomic mass is 16.6. The molecule has 1 N–H and O–H groups in total. The van der Waals surface area contributed by atoms with Gasteiger partial charge in [0.1, 0.15) is 5.69 Å². The van der Waals surface area contributed by atoms with Gasteiger partial charge in [0.05, 0.1) is 4.92 Å². The number of nitro benzene ring substituents is 1. The smallest absolute Gasteiger partial charge is 0.293 e. The molecule has 0 spiro atoms. The zero-order valence-electron chi connectivity index (χ0n) is 18.0. The molecule has 2 aromatic carbocycles. The molecule has 2 aromatic rings. The molecule has 0 unspecified atom stereocenters. The summed E-state index contributed by atoms with van der Waals surface area (Å²) in [7, 11) is 0. The number of nitrogens with zero attached hydrogens (tertiary/aromatic N) is 3. The summed E-state index contributed by atoms with van der Waals surface area (Å²) in [5.74, 6) is 0.438. The van der Waals surface area contributed by atoms with Crippen molar-refractivity contribution in [2.45, 2.75) is 39.0 Å². The first kappa shape index (κ1) is 21.2. The van der Waals surface area contributed by atoms with E-state index in [-0.39, 0.29) is 11.6 Å². The molecule has 0 saturated carbocycles. The Bertz CT molecular complexity index is 930. The number of anilines is 3. The minimum absolute atomic E-state index is 0.00998. The second kappa shape index (κ2) is 9.37. The summed E-state index contributed by atoms with van der Waals surface area (Å²) in [4.78, 5) is 28.4. The molecular weight excluding hydrogens is 392 g/mol. The van der Waals surface area contributed by atoms with Gasteiger partial charge in [-0.05, 0) is 74.4 Å². The van der Waals surface area contributed by atoms with Crippen LogP contribution in [0.25, 0.3) is 0 Å². The van der Waals surface area contributed by atoms with Crippen LogP contribution in [0.4, 0.5) is 22.7 Å². The minimum atomic E-state index is -0.394. The fourth-order valence-electron chi connectivity index (χ4n) is 4.44. The van der Waals surface area contributed by atoms with Gasteiger partial charge in [-0.25, -0.2) is 0 Å². The molecule has 7 nitrogen and oxygen atoms in total. The van der Waals surface area contributed by atoms with E-state index in [9.17, 15) is 14.9 Å². The van der Waals surface area contributed by atoms with Crippen LogP contribution in [0.5, 0.6) is 0 Å². The van der Waals surface area contributed by atoms with Gasteiger partial charge in [0.15, 0.2) is 0 Å². The number of carbonyl (C=O) groups excluding carboxylic acids is 1. The average Bonchev–Trinajstić information content (AvgIpc) is 2.80. The summed E-state index contributed by atoms with van der Waals surface area (Å²) in [5.41, 5.74) is 2.72. The summed E-state index contributed by atoms with van der Waals surface area (Å²) in [6.45, 7) is 6.03. The lowest BCUT2D eigenvalue weighted by molar-refractivity contribution is -0.384. The predicted molar refractivity (Wildman–Crippen MR) is 124 cm³/mol. The molecule has 0 aliphatic carbocycles. The van der Waals surface area contributed by atoms with Crippen molar-refractivity contribution in [2.24, 2.45) is 5.92 Å². The van der Waals surface area contributed by atoms with Crippen LogP contribution in [0.1, 0.15) is 49.4 Å². The van der Waals surface area contributed by atoms with Gasteiger partial charge in [0.25, 0.3) is 11.6 Å². The molecule has 0 bridgehead atoms. The van der Waals surface area contributed by atoms with E-state index < -0.39 is 4.92 Å². The van der Waals surface area contributed by atoms with Gasteiger partial charge in [-0.15, -0.1) is 0 Å². The van der Waals surface area contributed by atoms with Gasteiger partial charge in [0.2, 0.25) is 0 Å². The first-order valence-electron chi connectivity index (χ1n) is 11.2. The van der Waals surface area contributed by atoms with Crippen LogP contribution in [0.15, 0.2) is 42.5 Å². The fraction of sp³-hybridized carbons (Fsp3) is 0.458. The van der Waals surface area contributed by atoms with Gasteiger partial charge >= 0.3 is 0 Å². The molecule has 7 heteroatoms. The summed E-state index contributed by atoms with van der Waals surface area (Å²) in [6.07, 6.45) is 5.62. The van der Waals surface area contributed by atoms with Crippen molar-refractivity contribution in [3.63, 3.8) is 0 Å². The molecule has 4 rings (SSSR count). The third-order valence-corrected chi connectivity index (χ3v) is 6.41. The standard InChI is InChI=1S/C24H30N4O3/c1-18-11-15-26(16-12-18)21-8-6-20(7-9-21)25-24(29)19-5-10-22(23(17-19)28(30)31)27-13-3-2-4-14-27/h5-10,17-18H,2-4,11-16H2,1H3,(H,25,29). The van der Waals surface area contributed by atoms with Crippen LogP contribution in [0.3, 0.4) is 0 Å². The number of rotatable bonds is 5. The van der Waals surface area contributed by atoms with E-state index in [0.29, 0.717) is 16.9 Å². The highest BCUT2D eigenvalue weighted by Crippen LogP contribution is 2.32. The zero-order valence-corrected chi connectivity index (χ0v) is 18.0. The van der Waals surface area contributed by atoms with Gasteiger partial charge in [-0.3, -0.25) is 14.9 Å². The van der Waals surface area contributed by atoms with Crippen molar-refractivity contribution in [1.82, 2.24) is 0 Å². The highest BCUT2D eigenvalue weighted by molar-refractivity contribution is 6.05. The summed E-state index contributed by atoms with van der Waals surface area (Å²) in [6, 6.07) is 12.6. The van der Waals surface area contributed by atoms with Gasteiger partial charge < -0.3 is 15.1 Å². The van der Waals surface area contributed by atoms with Crippen molar-refractivity contribution in [2.75, 3.05) is 41.3 Å². The lowest BCUT2D eigenvalue weighted by atomic mass is 9.99. The first-order valence-corrected chi connectivity index (χ1v) is 11.2. The largest absolute Gasteiger partial charge is 0.372 e. The minimum Gasteiger partial charge on any atom is -0.372 e. The number of benzene rings is 2. The van der Waals surface area contributed by atoms with Crippen molar-refractivity contribution < 1.29 is 9.72 Å². The number of carbonyl (C=O) groups is 1. The summed E-state index contributed by atoms with van der Waals surface area (Å²) < 4.78 is 0. The third kappa shape index (κ3) is 4.98. The lowest BCUT2D eigenvalue weighted by Crippen LogP contribution is -2.32. The molecule has 2 saturated heterocycles. The number of hydrogen-bond donors (Lipinski definition) is 1. The van der Waals surface area contributed by atoms with Gasteiger partial charge in [-0.2, -0.15) is 0 Å². The first-order chi connectivity index (χ1) is 15.0. The molecule has 164 valence electrons. The maximum absolute atomic E-state index is 12.7. The number of nitro groups is 1. The van der Waals surface area contributed by atoms with E-state index in [1.165, 1.54) is 18.9 Å². The number of nitrogens with one attached hydrogen (secondary N) is 1. The van der Waals surface area contributed by atoms with Crippen LogP contribution < -0.4 is 15.1 Å². The molecule has 2 heterocycles. The SMILES string of the molecule is CC1CCN(c2ccc(NC(=O)c3ccc(N4CCCCC4)c([N+](=O)[O-])c3)cc2)CC1. The topological polar surface area (TPSA) is 78.7 Å². The maximum atomic E-state index is 12.7.